The number of H-pyrrole nitrogens is 2. The van der Waals surface area contributed by atoms with Gasteiger partial charge in [0.2, 0.25) is 5.88 Å². The number of aromatic amines is 2. The van der Waals surface area contributed by atoms with Crippen molar-refractivity contribution >= 4 is 27.6 Å². The van der Waals surface area contributed by atoms with Crippen LogP contribution >= 0.6 is 0 Å². The summed E-state index contributed by atoms with van der Waals surface area (Å²) in [6.45, 7) is 6.81. The lowest BCUT2D eigenvalue weighted by molar-refractivity contribution is 0.141. The molecule has 3 aromatic heterocycles. The molecule has 0 amide bonds. The number of piperidine rings is 2. The molecule has 2 saturated heterocycles. The first-order chi connectivity index (χ1) is 18.7. The van der Waals surface area contributed by atoms with Crippen LogP contribution in [0.3, 0.4) is 0 Å². The molecular formula is C30H33N7O. The molecule has 2 fully saturated rings. The second kappa shape index (κ2) is 9.76. The number of hydrogen-bond donors (Lipinski definition) is 2. The van der Waals surface area contributed by atoms with Gasteiger partial charge >= 0.3 is 0 Å². The van der Waals surface area contributed by atoms with E-state index < -0.39 is 0 Å². The highest BCUT2D eigenvalue weighted by atomic mass is 16.5. The van der Waals surface area contributed by atoms with Crippen LogP contribution in [0.4, 0.5) is 5.69 Å². The predicted molar refractivity (Wildman–Crippen MR) is 151 cm³/mol. The number of aryl methyl sites for hydroxylation is 1. The Morgan fingerprint density at radius 2 is 1.76 bits per heavy atom. The Balaban J connectivity index is 1.11. The van der Waals surface area contributed by atoms with Crippen LogP contribution in [0.5, 0.6) is 11.6 Å². The molecule has 0 saturated carbocycles. The molecule has 0 unspecified atom stereocenters. The molecule has 5 heterocycles. The third-order valence-electron chi connectivity index (χ3n) is 8.07. The van der Waals surface area contributed by atoms with Crippen molar-refractivity contribution in [2.45, 2.75) is 45.1 Å². The summed E-state index contributed by atoms with van der Waals surface area (Å²) in [6.07, 6.45) is 8.37. The van der Waals surface area contributed by atoms with Gasteiger partial charge in [-0.3, -0.25) is 5.10 Å². The normalized spacial score (nSPS) is 17.4. The number of imidazole rings is 1. The molecule has 2 N–H and O–H groups in total. The van der Waals surface area contributed by atoms with Crippen LogP contribution in [0.15, 0.2) is 54.7 Å². The maximum atomic E-state index is 6.02. The Morgan fingerprint density at radius 1 is 0.895 bits per heavy atom. The zero-order valence-electron chi connectivity index (χ0n) is 21.8. The fraction of sp³-hybridized carbons (Fsp3) is 0.367. The van der Waals surface area contributed by atoms with Gasteiger partial charge < -0.3 is 19.5 Å². The number of hydrogen-bond acceptors (Lipinski definition) is 6. The molecule has 38 heavy (non-hydrogen) atoms. The summed E-state index contributed by atoms with van der Waals surface area (Å²) < 4.78 is 6.02. The van der Waals surface area contributed by atoms with Crippen molar-refractivity contribution in [3.05, 3.63) is 60.3 Å². The quantitative estimate of drug-likeness (QED) is 0.301. The molecule has 2 aliphatic rings. The molecule has 8 heteroatoms. The van der Waals surface area contributed by atoms with Crippen molar-refractivity contribution in [1.29, 1.82) is 0 Å². The number of pyridine rings is 1. The number of ether oxygens (including phenoxy) is 1. The van der Waals surface area contributed by atoms with Crippen molar-refractivity contribution in [3.8, 4) is 23.1 Å². The number of fused-ring (bicyclic) bond motifs is 2. The second-order valence-electron chi connectivity index (χ2n) is 10.7. The molecule has 0 atom stereocenters. The number of nitrogens with zero attached hydrogens (tertiary/aromatic N) is 5. The fourth-order valence-corrected chi connectivity index (χ4v) is 6.00. The van der Waals surface area contributed by atoms with Crippen molar-refractivity contribution in [2.24, 2.45) is 0 Å². The topological polar surface area (TPSA) is 86.0 Å². The van der Waals surface area contributed by atoms with Gasteiger partial charge in [0.1, 0.15) is 11.4 Å². The standard InChI is InChI=1S/C30H33N7O/c1-20-9-12-31-28(17-20)38-23-6-8-25-24(19-23)29(35-34-25)30-32-26-7-5-22(18-27(26)33-30)37-15-10-21(11-16-37)36-13-3-2-4-14-36/h5-9,12,17-19,21H,2-4,10-11,13-16H2,1H3,(H,32,33)(H,34,35). The Bertz CT molecular complexity index is 1570. The SMILES string of the molecule is Cc1ccnc(Oc2ccc3[nH]nc(-c4nc5ccc(N6CCC(N7CCCCC7)CC6)cc5[nH]4)c3c2)c1. The van der Waals surface area contributed by atoms with Crippen molar-refractivity contribution in [1.82, 2.24) is 30.0 Å². The molecule has 0 bridgehead atoms. The molecule has 5 aromatic rings. The Morgan fingerprint density at radius 3 is 2.61 bits per heavy atom. The number of aromatic nitrogens is 5. The van der Waals surface area contributed by atoms with Crippen LogP contribution in [0.25, 0.3) is 33.5 Å². The minimum Gasteiger partial charge on any atom is -0.439 e. The van der Waals surface area contributed by atoms with E-state index in [4.69, 9.17) is 9.72 Å². The van der Waals surface area contributed by atoms with Crippen LogP contribution < -0.4 is 9.64 Å². The number of likely N-dealkylation sites (tertiary alicyclic amines) is 1. The Hall–Kier alpha value is -3.91. The van der Waals surface area contributed by atoms with Gasteiger partial charge in [0.05, 0.1) is 16.6 Å². The van der Waals surface area contributed by atoms with Gasteiger partial charge in [-0.2, -0.15) is 5.10 Å². The first kappa shape index (κ1) is 23.2. The van der Waals surface area contributed by atoms with E-state index in [0.29, 0.717) is 11.6 Å². The highest BCUT2D eigenvalue weighted by Gasteiger charge is 2.26. The summed E-state index contributed by atoms with van der Waals surface area (Å²) in [5, 5.41) is 8.67. The van der Waals surface area contributed by atoms with Gasteiger partial charge in [-0.15, -0.1) is 0 Å². The molecular weight excluding hydrogens is 474 g/mol. The number of rotatable bonds is 5. The third kappa shape index (κ3) is 4.49. The molecule has 0 aliphatic carbocycles. The Labute approximate surface area is 222 Å². The predicted octanol–water partition coefficient (Wildman–Crippen LogP) is 6.06. The second-order valence-corrected chi connectivity index (χ2v) is 10.7. The van der Waals surface area contributed by atoms with E-state index >= 15 is 0 Å². The molecule has 2 aliphatic heterocycles. The van der Waals surface area contributed by atoms with Crippen LogP contribution in [0.1, 0.15) is 37.7 Å². The molecule has 8 nitrogen and oxygen atoms in total. The van der Waals surface area contributed by atoms with Crippen LogP contribution in [0, 0.1) is 6.92 Å². The maximum Gasteiger partial charge on any atom is 0.219 e. The molecule has 0 radical (unpaired) electrons. The lowest BCUT2D eigenvalue weighted by Gasteiger charge is -2.41. The van der Waals surface area contributed by atoms with E-state index in [1.54, 1.807) is 6.20 Å². The third-order valence-corrected chi connectivity index (χ3v) is 8.07. The largest absolute Gasteiger partial charge is 0.439 e. The monoisotopic (exact) mass is 507 g/mol. The van der Waals surface area contributed by atoms with Crippen molar-refractivity contribution in [2.75, 3.05) is 31.1 Å². The summed E-state index contributed by atoms with van der Waals surface area (Å²) in [5.74, 6) is 2.04. The maximum absolute atomic E-state index is 6.02. The molecule has 2 aromatic carbocycles. The van der Waals surface area contributed by atoms with Crippen LogP contribution in [0.2, 0.25) is 0 Å². The van der Waals surface area contributed by atoms with E-state index in [-0.39, 0.29) is 0 Å². The van der Waals surface area contributed by atoms with Crippen LogP contribution in [-0.2, 0) is 0 Å². The van der Waals surface area contributed by atoms with Gasteiger partial charge in [0, 0.05) is 42.5 Å². The van der Waals surface area contributed by atoms with Crippen LogP contribution in [-0.4, -0.2) is 62.3 Å². The summed E-state index contributed by atoms with van der Waals surface area (Å²) in [7, 11) is 0. The summed E-state index contributed by atoms with van der Waals surface area (Å²) in [4.78, 5) is 18.0. The van der Waals surface area contributed by atoms with E-state index in [1.807, 2.05) is 37.3 Å². The van der Waals surface area contributed by atoms with E-state index in [0.717, 1.165) is 58.1 Å². The van der Waals surface area contributed by atoms with Gasteiger partial charge in [-0.25, -0.2) is 9.97 Å². The fourth-order valence-electron chi connectivity index (χ4n) is 6.00. The number of anilines is 1. The summed E-state index contributed by atoms with van der Waals surface area (Å²) in [6, 6.07) is 17.1. The summed E-state index contributed by atoms with van der Waals surface area (Å²) >= 11 is 0. The lowest BCUT2D eigenvalue weighted by Crippen LogP contribution is -2.46. The first-order valence-corrected chi connectivity index (χ1v) is 13.8. The zero-order chi connectivity index (χ0) is 25.5. The van der Waals surface area contributed by atoms with Gasteiger partial charge in [-0.05, 0) is 93.7 Å². The molecule has 0 spiro atoms. The van der Waals surface area contributed by atoms with Gasteiger partial charge in [0.15, 0.2) is 5.82 Å². The summed E-state index contributed by atoms with van der Waals surface area (Å²) in [5.41, 5.74) is 6.05. The number of nitrogens with one attached hydrogen (secondary N) is 2. The van der Waals surface area contributed by atoms with Gasteiger partial charge in [-0.1, -0.05) is 6.42 Å². The highest BCUT2D eigenvalue weighted by Crippen LogP contribution is 2.32. The van der Waals surface area contributed by atoms with E-state index in [2.05, 4.69) is 48.2 Å². The average molecular weight is 508 g/mol. The average Bonchev–Trinajstić information content (AvgIpc) is 3.57. The minimum absolute atomic E-state index is 0.575. The highest BCUT2D eigenvalue weighted by molar-refractivity contribution is 5.94. The first-order valence-electron chi connectivity index (χ1n) is 13.8. The zero-order valence-corrected chi connectivity index (χ0v) is 21.8. The van der Waals surface area contributed by atoms with Gasteiger partial charge in [0.25, 0.3) is 0 Å². The lowest BCUT2D eigenvalue weighted by atomic mass is 9.99. The minimum atomic E-state index is 0.575. The van der Waals surface area contributed by atoms with Crippen molar-refractivity contribution in [3.63, 3.8) is 0 Å². The van der Waals surface area contributed by atoms with E-state index in [9.17, 15) is 0 Å². The number of benzene rings is 2. The Kier molecular flexibility index (Phi) is 5.96. The molecule has 194 valence electrons. The van der Waals surface area contributed by atoms with E-state index in [1.165, 1.54) is 50.9 Å². The van der Waals surface area contributed by atoms with Crippen molar-refractivity contribution < 1.29 is 4.74 Å². The smallest absolute Gasteiger partial charge is 0.219 e. The molecule has 7 rings (SSSR count).